The van der Waals surface area contributed by atoms with Crippen molar-refractivity contribution < 1.29 is 19.8 Å². The Morgan fingerprint density at radius 1 is 1.08 bits per heavy atom. The molecule has 0 aliphatic heterocycles. The number of hydrogen-bond donors (Lipinski definition) is 2. The lowest BCUT2D eigenvalue weighted by Gasteiger charge is -1.89. The second-order valence-electron chi connectivity index (χ2n) is 2.85. The summed E-state index contributed by atoms with van der Waals surface area (Å²) in [5, 5.41) is 16.1. The molecule has 0 saturated heterocycles. The highest BCUT2D eigenvalue weighted by Crippen LogP contribution is 1.93. The first kappa shape index (κ1) is 14.2. The molecule has 0 aromatic heterocycles. The Kier molecular flexibility index (Phi) is 9.60. The first-order valence-electron chi connectivity index (χ1n) is 3.92. The highest BCUT2D eigenvalue weighted by molar-refractivity contribution is 5.69. The lowest BCUT2D eigenvalue weighted by Crippen LogP contribution is -1.98. The third-order valence-electron chi connectivity index (χ3n) is 0.781. The highest BCUT2D eigenvalue weighted by Gasteiger charge is 1.99. The third kappa shape index (κ3) is 36.7. The largest absolute Gasteiger partial charge is 0.481 e. The van der Waals surface area contributed by atoms with Crippen LogP contribution in [0.25, 0.3) is 0 Å². The van der Waals surface area contributed by atoms with Gasteiger partial charge in [-0.1, -0.05) is 5.57 Å². The van der Waals surface area contributed by atoms with Crippen LogP contribution in [0.1, 0.15) is 33.1 Å². The van der Waals surface area contributed by atoms with Crippen molar-refractivity contribution in [1.29, 1.82) is 0 Å². The molecule has 0 rings (SSSR count). The molecule has 0 radical (unpaired) electrons. The summed E-state index contributed by atoms with van der Waals surface area (Å²) in [6.07, 6.45) is 0.0866. The van der Waals surface area contributed by atoms with Crippen LogP contribution in [0, 0.1) is 0 Å². The average Bonchev–Trinajstić information content (AvgIpc) is 1.83. The van der Waals surface area contributed by atoms with Gasteiger partial charge in [0.05, 0.1) is 0 Å². The standard InChI is InChI=1S/C5H8O4.C4H8/c6-4(7)2-1-3-5(8)9;1-4(2)3/h1-3H2,(H,6,7)(H,8,9);1H2,2-3H3. The molecule has 4 nitrogen and oxygen atoms in total. The van der Waals surface area contributed by atoms with Crippen LogP contribution >= 0.6 is 0 Å². The van der Waals surface area contributed by atoms with Crippen LogP contribution in [-0.2, 0) is 9.59 Å². The molecule has 0 fully saturated rings. The first-order chi connectivity index (χ1) is 5.86. The van der Waals surface area contributed by atoms with Gasteiger partial charge in [-0.15, -0.1) is 6.58 Å². The minimum Gasteiger partial charge on any atom is -0.481 e. The SMILES string of the molecule is C=C(C)C.O=C(O)CCCC(=O)O. The number of carbonyl (C=O) groups is 2. The van der Waals surface area contributed by atoms with Gasteiger partial charge in [-0.05, 0) is 20.3 Å². The minimum atomic E-state index is -0.948. The van der Waals surface area contributed by atoms with Crippen molar-refractivity contribution >= 4 is 11.9 Å². The van der Waals surface area contributed by atoms with Gasteiger partial charge in [0.15, 0.2) is 0 Å². The fourth-order valence-electron chi connectivity index (χ4n) is 0.391. The molecule has 0 aliphatic carbocycles. The van der Waals surface area contributed by atoms with Crippen molar-refractivity contribution in [2.75, 3.05) is 0 Å². The van der Waals surface area contributed by atoms with Gasteiger partial charge in [-0.25, -0.2) is 0 Å². The van der Waals surface area contributed by atoms with E-state index in [0.717, 1.165) is 0 Å². The van der Waals surface area contributed by atoms with E-state index in [-0.39, 0.29) is 19.3 Å². The third-order valence-corrected chi connectivity index (χ3v) is 0.781. The molecule has 0 atom stereocenters. The molecule has 0 aliphatic rings. The van der Waals surface area contributed by atoms with Crippen LogP contribution in [0.4, 0.5) is 0 Å². The summed E-state index contributed by atoms with van der Waals surface area (Å²) in [5.74, 6) is -1.90. The number of carboxylic acid groups (broad SMARTS) is 2. The molecule has 76 valence electrons. The predicted molar refractivity (Wildman–Crippen MR) is 49.6 cm³/mol. The molecule has 4 heteroatoms. The van der Waals surface area contributed by atoms with Gasteiger partial charge in [0.2, 0.25) is 0 Å². The van der Waals surface area contributed by atoms with Crippen LogP contribution in [0.5, 0.6) is 0 Å². The Bertz CT molecular complexity index is 166. The van der Waals surface area contributed by atoms with E-state index in [0.29, 0.717) is 0 Å². The molecule has 0 saturated carbocycles. The van der Waals surface area contributed by atoms with E-state index < -0.39 is 11.9 Å². The molecule has 0 aromatic rings. The maximum absolute atomic E-state index is 9.79. The summed E-state index contributed by atoms with van der Waals surface area (Å²) >= 11 is 0. The monoisotopic (exact) mass is 188 g/mol. The molecule has 13 heavy (non-hydrogen) atoms. The second-order valence-corrected chi connectivity index (χ2v) is 2.85. The Balaban J connectivity index is 0. The molecule has 0 spiro atoms. The van der Waals surface area contributed by atoms with Crippen molar-refractivity contribution in [3.8, 4) is 0 Å². The molecule has 2 N–H and O–H groups in total. The Morgan fingerprint density at radius 3 is 1.46 bits per heavy atom. The molecule has 0 amide bonds. The minimum absolute atomic E-state index is 0.0632. The Hall–Kier alpha value is -1.32. The van der Waals surface area contributed by atoms with E-state index in [9.17, 15) is 9.59 Å². The average molecular weight is 188 g/mol. The maximum Gasteiger partial charge on any atom is 0.303 e. The zero-order chi connectivity index (χ0) is 10.9. The van der Waals surface area contributed by atoms with E-state index in [1.807, 2.05) is 13.8 Å². The van der Waals surface area contributed by atoms with Crippen LogP contribution in [0.15, 0.2) is 12.2 Å². The summed E-state index contributed by atoms with van der Waals surface area (Å²) in [4.78, 5) is 19.6. The zero-order valence-electron chi connectivity index (χ0n) is 8.04. The lowest BCUT2D eigenvalue weighted by molar-refractivity contribution is -0.138. The quantitative estimate of drug-likeness (QED) is 0.661. The first-order valence-corrected chi connectivity index (χ1v) is 3.92. The predicted octanol–water partition coefficient (Wildman–Crippen LogP) is 1.91. The molecule has 0 heterocycles. The van der Waals surface area contributed by atoms with Crippen molar-refractivity contribution in [3.05, 3.63) is 12.2 Å². The lowest BCUT2D eigenvalue weighted by atomic mass is 10.2. The summed E-state index contributed by atoms with van der Waals surface area (Å²) in [6.45, 7) is 7.50. The fourth-order valence-corrected chi connectivity index (χ4v) is 0.391. The number of allylic oxidation sites excluding steroid dienone is 1. The molecule has 0 unspecified atom stereocenters. The van der Waals surface area contributed by atoms with E-state index in [1.54, 1.807) is 0 Å². The summed E-state index contributed by atoms with van der Waals surface area (Å²) in [6, 6.07) is 0. The van der Waals surface area contributed by atoms with Gasteiger partial charge >= 0.3 is 11.9 Å². The number of carboxylic acids is 2. The van der Waals surface area contributed by atoms with Crippen molar-refractivity contribution in [2.45, 2.75) is 33.1 Å². The summed E-state index contributed by atoms with van der Waals surface area (Å²) < 4.78 is 0. The zero-order valence-corrected chi connectivity index (χ0v) is 8.04. The van der Waals surface area contributed by atoms with Gasteiger partial charge in [0.1, 0.15) is 0 Å². The fraction of sp³-hybridized carbons (Fsp3) is 0.556. The topological polar surface area (TPSA) is 74.6 Å². The number of hydrogen-bond acceptors (Lipinski definition) is 2. The van der Waals surface area contributed by atoms with Crippen LogP contribution in [0.3, 0.4) is 0 Å². The molecular weight excluding hydrogens is 172 g/mol. The molecule has 0 bridgehead atoms. The van der Waals surface area contributed by atoms with E-state index in [1.165, 1.54) is 5.57 Å². The van der Waals surface area contributed by atoms with Gasteiger partial charge in [0.25, 0.3) is 0 Å². The number of rotatable bonds is 4. The molecular formula is C9H16O4. The summed E-state index contributed by atoms with van der Waals surface area (Å²) in [5.41, 5.74) is 1.17. The Morgan fingerprint density at radius 2 is 1.31 bits per heavy atom. The second kappa shape index (κ2) is 8.77. The smallest absolute Gasteiger partial charge is 0.303 e. The van der Waals surface area contributed by atoms with Crippen molar-refractivity contribution in [3.63, 3.8) is 0 Å². The van der Waals surface area contributed by atoms with Gasteiger partial charge in [0, 0.05) is 12.8 Å². The Labute approximate surface area is 77.9 Å². The van der Waals surface area contributed by atoms with Crippen molar-refractivity contribution in [2.24, 2.45) is 0 Å². The highest BCUT2D eigenvalue weighted by atomic mass is 16.4. The number of aliphatic carboxylic acids is 2. The van der Waals surface area contributed by atoms with Crippen molar-refractivity contribution in [1.82, 2.24) is 0 Å². The maximum atomic E-state index is 9.79. The van der Waals surface area contributed by atoms with E-state index in [2.05, 4.69) is 6.58 Å². The van der Waals surface area contributed by atoms with Gasteiger partial charge < -0.3 is 10.2 Å². The van der Waals surface area contributed by atoms with Crippen LogP contribution < -0.4 is 0 Å². The van der Waals surface area contributed by atoms with Gasteiger partial charge in [-0.3, -0.25) is 9.59 Å². The molecule has 0 aromatic carbocycles. The van der Waals surface area contributed by atoms with Crippen LogP contribution in [-0.4, -0.2) is 22.2 Å². The summed E-state index contributed by atoms with van der Waals surface area (Å²) in [7, 11) is 0. The normalized spacial score (nSPS) is 8.15. The van der Waals surface area contributed by atoms with Gasteiger partial charge in [-0.2, -0.15) is 0 Å². The van der Waals surface area contributed by atoms with E-state index in [4.69, 9.17) is 10.2 Å². The van der Waals surface area contributed by atoms with E-state index >= 15 is 0 Å². The van der Waals surface area contributed by atoms with Crippen LogP contribution in [0.2, 0.25) is 0 Å².